The highest BCUT2D eigenvalue weighted by atomic mass is 16.5. The van der Waals surface area contributed by atoms with Gasteiger partial charge in [0.1, 0.15) is 11.5 Å². The predicted molar refractivity (Wildman–Crippen MR) is 139 cm³/mol. The summed E-state index contributed by atoms with van der Waals surface area (Å²) in [7, 11) is 1.28. The molecule has 0 bridgehead atoms. The number of ether oxygens (including phenoxy) is 1. The Labute approximate surface area is 212 Å². The number of hydrogen-bond donors (Lipinski definition) is 2. The summed E-state index contributed by atoms with van der Waals surface area (Å²) in [6.45, 7) is 14.3. The molecule has 0 saturated carbocycles. The zero-order valence-electron chi connectivity index (χ0n) is 22.3. The fraction of sp³-hybridized carbons (Fsp3) is 0.464. The lowest BCUT2D eigenvalue weighted by Gasteiger charge is -2.28. The minimum Gasteiger partial charge on any atom is -0.507 e. The van der Waals surface area contributed by atoms with E-state index in [9.17, 15) is 19.5 Å². The normalized spacial score (nSPS) is 17.5. The molecule has 1 aliphatic rings. The van der Waals surface area contributed by atoms with Crippen LogP contribution in [0.2, 0.25) is 0 Å². The first kappa shape index (κ1) is 27.2. The van der Waals surface area contributed by atoms with Crippen molar-refractivity contribution in [3.63, 3.8) is 0 Å². The topological polar surface area (TPSA) is 103 Å². The predicted octanol–water partition coefficient (Wildman–Crippen LogP) is 4.31. The van der Waals surface area contributed by atoms with Crippen molar-refractivity contribution in [1.82, 2.24) is 14.8 Å². The fourth-order valence-electron chi connectivity index (χ4n) is 4.86. The van der Waals surface area contributed by atoms with Gasteiger partial charge in [-0.15, -0.1) is 0 Å². The molecular weight excluding hydrogens is 458 g/mol. The molecule has 2 aromatic rings. The van der Waals surface area contributed by atoms with Gasteiger partial charge in [-0.2, -0.15) is 0 Å². The Hall–Kier alpha value is -3.39. The smallest absolute Gasteiger partial charge is 0.354 e. The molecule has 1 atom stereocenters. The van der Waals surface area contributed by atoms with Gasteiger partial charge in [0, 0.05) is 24.3 Å². The number of carbonyl (C=O) groups excluding carboxylic acids is 3. The van der Waals surface area contributed by atoms with Crippen LogP contribution in [0.1, 0.15) is 78.1 Å². The van der Waals surface area contributed by atoms with Gasteiger partial charge < -0.3 is 24.6 Å². The number of rotatable bonds is 9. The Morgan fingerprint density at radius 2 is 1.75 bits per heavy atom. The summed E-state index contributed by atoms with van der Waals surface area (Å²) in [6, 6.07) is 7.08. The highest BCUT2D eigenvalue weighted by molar-refractivity contribution is 6.46. The second-order valence-electron chi connectivity index (χ2n) is 9.46. The van der Waals surface area contributed by atoms with Crippen molar-refractivity contribution in [3.8, 4) is 0 Å². The molecule has 3 rings (SSSR count). The number of aryl methyl sites for hydroxylation is 1. The van der Waals surface area contributed by atoms with Gasteiger partial charge in [-0.25, -0.2) is 4.79 Å². The number of esters is 1. The van der Waals surface area contributed by atoms with Gasteiger partial charge in [-0.3, -0.25) is 9.59 Å². The number of ketones is 1. The minimum atomic E-state index is -0.739. The number of methoxy groups -OCH3 is 1. The maximum atomic E-state index is 13.4. The van der Waals surface area contributed by atoms with Crippen molar-refractivity contribution in [1.29, 1.82) is 0 Å². The van der Waals surface area contributed by atoms with Crippen LogP contribution in [0.3, 0.4) is 0 Å². The standard InChI is InChI=1S/C28H37N3O5/c1-8-30(9-2)14-15-31-24(20-12-10-19(11-13-20)16(3)4)22(26(33)27(31)34)25(32)21-17(5)23(28(35)36-7)29-18(21)6/h10-13,16,24,29,32H,8-9,14-15H2,1-7H3/b25-22+/t24-/m1/s1. The molecule has 1 amide bonds. The van der Waals surface area contributed by atoms with Crippen LogP contribution in [0.15, 0.2) is 29.8 Å². The van der Waals surface area contributed by atoms with Crippen molar-refractivity contribution >= 4 is 23.4 Å². The fourth-order valence-corrected chi connectivity index (χ4v) is 4.86. The molecule has 2 N–H and O–H groups in total. The third-order valence-electron chi connectivity index (χ3n) is 7.07. The first-order valence-corrected chi connectivity index (χ1v) is 12.5. The van der Waals surface area contributed by atoms with Gasteiger partial charge >= 0.3 is 5.97 Å². The summed E-state index contributed by atoms with van der Waals surface area (Å²) in [5.74, 6) is -1.91. The summed E-state index contributed by atoms with van der Waals surface area (Å²) in [5.41, 5.74) is 3.41. The van der Waals surface area contributed by atoms with E-state index < -0.39 is 23.7 Å². The average molecular weight is 496 g/mol. The number of hydrogen-bond acceptors (Lipinski definition) is 6. The van der Waals surface area contributed by atoms with Crippen LogP contribution in [-0.4, -0.2) is 70.8 Å². The van der Waals surface area contributed by atoms with Gasteiger partial charge in [-0.1, -0.05) is 52.0 Å². The largest absolute Gasteiger partial charge is 0.507 e. The Bertz CT molecular complexity index is 1170. The lowest BCUT2D eigenvalue weighted by atomic mass is 9.92. The number of amides is 1. The number of nitrogens with one attached hydrogen (secondary N) is 1. The van der Waals surface area contributed by atoms with E-state index in [0.717, 1.165) is 24.2 Å². The number of H-pyrrole nitrogens is 1. The minimum absolute atomic E-state index is 0.0264. The summed E-state index contributed by atoms with van der Waals surface area (Å²) in [6.07, 6.45) is 0. The van der Waals surface area contributed by atoms with Crippen LogP contribution in [-0.2, 0) is 14.3 Å². The molecule has 36 heavy (non-hydrogen) atoms. The first-order valence-electron chi connectivity index (χ1n) is 12.5. The number of aromatic amines is 1. The average Bonchev–Trinajstić information content (AvgIpc) is 3.30. The molecule has 1 fully saturated rings. The van der Waals surface area contributed by atoms with Crippen LogP contribution in [0.4, 0.5) is 0 Å². The summed E-state index contributed by atoms with van der Waals surface area (Å²) < 4.78 is 4.84. The van der Waals surface area contributed by atoms with Gasteiger partial charge in [0.05, 0.1) is 18.7 Å². The van der Waals surface area contributed by atoms with E-state index in [1.807, 2.05) is 24.3 Å². The monoisotopic (exact) mass is 495 g/mol. The number of Topliss-reactive ketones (excluding diaryl/α,β-unsaturated/α-hetero) is 1. The number of likely N-dealkylation sites (N-methyl/N-ethyl adjacent to an activating group) is 1. The quantitative estimate of drug-likeness (QED) is 0.233. The van der Waals surface area contributed by atoms with Crippen LogP contribution in [0, 0.1) is 13.8 Å². The van der Waals surface area contributed by atoms with Crippen LogP contribution in [0.5, 0.6) is 0 Å². The molecule has 1 saturated heterocycles. The Morgan fingerprint density at radius 3 is 2.28 bits per heavy atom. The number of nitrogens with zero attached hydrogens (tertiary/aromatic N) is 2. The van der Waals surface area contributed by atoms with Crippen molar-refractivity contribution < 1.29 is 24.2 Å². The van der Waals surface area contributed by atoms with Crippen molar-refractivity contribution in [2.24, 2.45) is 0 Å². The van der Waals surface area contributed by atoms with Gasteiger partial charge in [0.2, 0.25) is 0 Å². The van der Waals surface area contributed by atoms with Crippen LogP contribution < -0.4 is 0 Å². The summed E-state index contributed by atoms with van der Waals surface area (Å²) in [5, 5.41) is 11.5. The second-order valence-corrected chi connectivity index (χ2v) is 9.46. The number of aliphatic hydroxyl groups is 1. The molecule has 8 nitrogen and oxygen atoms in total. The summed E-state index contributed by atoms with van der Waals surface area (Å²) >= 11 is 0. The molecule has 1 aromatic heterocycles. The molecule has 1 aliphatic heterocycles. The lowest BCUT2D eigenvalue weighted by molar-refractivity contribution is -0.140. The molecule has 0 radical (unpaired) electrons. The van der Waals surface area contributed by atoms with E-state index in [2.05, 4.69) is 37.6 Å². The molecule has 0 unspecified atom stereocenters. The van der Waals surface area contributed by atoms with E-state index in [0.29, 0.717) is 35.8 Å². The molecule has 8 heteroatoms. The van der Waals surface area contributed by atoms with Gasteiger partial charge in [-0.05, 0) is 49.5 Å². The van der Waals surface area contributed by atoms with Crippen molar-refractivity contribution in [2.75, 3.05) is 33.3 Å². The van der Waals surface area contributed by atoms with Gasteiger partial charge in [0.15, 0.2) is 0 Å². The molecule has 1 aromatic carbocycles. The third kappa shape index (κ3) is 4.95. The van der Waals surface area contributed by atoms with E-state index in [-0.39, 0.29) is 17.0 Å². The number of carbonyl (C=O) groups is 3. The SMILES string of the molecule is CCN(CC)CCN1C(=O)C(=O)/C(=C(/O)c2c(C)[nH]c(C(=O)OC)c2C)[C@H]1c1ccc(C(C)C)cc1. The van der Waals surface area contributed by atoms with Crippen LogP contribution >= 0.6 is 0 Å². The van der Waals surface area contributed by atoms with Gasteiger partial charge in [0.25, 0.3) is 11.7 Å². The number of likely N-dealkylation sites (tertiary alicyclic amines) is 1. The van der Waals surface area contributed by atoms with E-state index in [1.165, 1.54) is 7.11 Å². The maximum absolute atomic E-state index is 13.4. The second kappa shape index (κ2) is 11.1. The molecule has 2 heterocycles. The third-order valence-corrected chi connectivity index (χ3v) is 7.07. The van der Waals surface area contributed by atoms with E-state index in [4.69, 9.17) is 4.74 Å². The molecule has 194 valence electrons. The van der Waals surface area contributed by atoms with Crippen molar-refractivity contribution in [2.45, 2.75) is 53.5 Å². The lowest BCUT2D eigenvalue weighted by Crippen LogP contribution is -2.38. The van der Waals surface area contributed by atoms with Crippen molar-refractivity contribution in [3.05, 3.63) is 63.5 Å². The zero-order valence-corrected chi connectivity index (χ0v) is 22.3. The van der Waals surface area contributed by atoms with E-state index in [1.54, 1.807) is 18.7 Å². The maximum Gasteiger partial charge on any atom is 0.354 e. The number of benzene rings is 1. The summed E-state index contributed by atoms with van der Waals surface area (Å²) in [4.78, 5) is 45.5. The highest BCUT2D eigenvalue weighted by Gasteiger charge is 2.46. The Kier molecular flexibility index (Phi) is 8.40. The Balaban J connectivity index is 2.18. The molecular formula is C28H37N3O5. The number of aliphatic hydroxyl groups excluding tert-OH is 1. The van der Waals surface area contributed by atoms with E-state index >= 15 is 0 Å². The first-order chi connectivity index (χ1) is 17.1. The molecule has 0 spiro atoms. The highest BCUT2D eigenvalue weighted by Crippen LogP contribution is 2.41. The zero-order chi connectivity index (χ0) is 26.7. The van der Waals surface area contributed by atoms with Crippen LogP contribution in [0.25, 0.3) is 5.76 Å². The Morgan fingerprint density at radius 1 is 1.14 bits per heavy atom. The molecule has 0 aliphatic carbocycles. The number of aromatic nitrogens is 1.